The van der Waals surface area contributed by atoms with Crippen molar-refractivity contribution in [1.82, 2.24) is 5.32 Å². The number of halogens is 2. The molecule has 16 heavy (non-hydrogen) atoms. The van der Waals surface area contributed by atoms with Gasteiger partial charge in [0.1, 0.15) is 5.75 Å². The molecule has 2 nitrogen and oxygen atoms in total. The van der Waals surface area contributed by atoms with Gasteiger partial charge >= 0.3 is 6.61 Å². The maximum absolute atomic E-state index is 12.1. The Labute approximate surface area is 93.6 Å². The van der Waals surface area contributed by atoms with Crippen LogP contribution in [-0.4, -0.2) is 13.2 Å². The van der Waals surface area contributed by atoms with E-state index in [1.54, 1.807) is 25.1 Å². The predicted molar refractivity (Wildman–Crippen MR) is 58.2 cm³/mol. The first-order chi connectivity index (χ1) is 7.74. The minimum absolute atomic E-state index is 0.203. The molecule has 1 rings (SSSR count). The Kier molecular flexibility index (Phi) is 5.30. The number of alkyl halides is 2. The summed E-state index contributed by atoms with van der Waals surface area (Å²) in [4.78, 5) is 0. The second-order valence-corrected chi connectivity index (χ2v) is 3.02. The predicted octanol–water partition coefficient (Wildman–Crippen LogP) is 2.40. The number of nitrogens with one attached hydrogen (secondary N) is 1. The summed E-state index contributed by atoms with van der Waals surface area (Å²) in [5.74, 6) is 5.77. The molecule has 1 aromatic rings. The zero-order chi connectivity index (χ0) is 11.8. The smallest absolute Gasteiger partial charge is 0.387 e. The number of hydrogen-bond donors (Lipinski definition) is 1. The summed E-state index contributed by atoms with van der Waals surface area (Å²) in [5, 5.41) is 3.02. The van der Waals surface area contributed by atoms with E-state index >= 15 is 0 Å². The Hall–Kier alpha value is -1.60. The van der Waals surface area contributed by atoms with Crippen molar-refractivity contribution in [2.45, 2.75) is 20.1 Å². The lowest BCUT2D eigenvalue weighted by Gasteiger charge is -2.10. The van der Waals surface area contributed by atoms with Gasteiger partial charge in [0.15, 0.2) is 0 Å². The van der Waals surface area contributed by atoms with Crippen molar-refractivity contribution in [3.8, 4) is 17.6 Å². The van der Waals surface area contributed by atoms with Gasteiger partial charge in [-0.2, -0.15) is 8.78 Å². The maximum atomic E-state index is 12.1. The third-order valence-corrected chi connectivity index (χ3v) is 1.89. The van der Waals surface area contributed by atoms with Crippen molar-refractivity contribution in [1.29, 1.82) is 0 Å². The van der Waals surface area contributed by atoms with Crippen molar-refractivity contribution < 1.29 is 13.5 Å². The van der Waals surface area contributed by atoms with Gasteiger partial charge in [-0.3, -0.25) is 0 Å². The van der Waals surface area contributed by atoms with Crippen LogP contribution in [0.2, 0.25) is 0 Å². The van der Waals surface area contributed by atoms with Gasteiger partial charge < -0.3 is 10.1 Å². The van der Waals surface area contributed by atoms with E-state index in [4.69, 9.17) is 0 Å². The number of ether oxygens (including phenoxy) is 1. The molecule has 86 valence electrons. The monoisotopic (exact) mass is 225 g/mol. The van der Waals surface area contributed by atoms with Crippen LogP contribution >= 0.6 is 0 Å². The Morgan fingerprint density at radius 3 is 2.81 bits per heavy atom. The Bertz CT molecular complexity index is 382. The van der Waals surface area contributed by atoms with Crippen LogP contribution in [0.4, 0.5) is 8.78 Å². The van der Waals surface area contributed by atoms with E-state index in [0.29, 0.717) is 18.7 Å². The quantitative estimate of drug-likeness (QED) is 0.613. The lowest BCUT2D eigenvalue weighted by molar-refractivity contribution is -0.0504. The highest BCUT2D eigenvalue weighted by Crippen LogP contribution is 2.19. The fraction of sp³-hybridized carbons (Fsp3) is 0.333. The Morgan fingerprint density at radius 1 is 1.38 bits per heavy atom. The van der Waals surface area contributed by atoms with Crippen LogP contribution in [0.5, 0.6) is 5.75 Å². The molecule has 0 aliphatic heterocycles. The van der Waals surface area contributed by atoms with Crippen molar-refractivity contribution in [3.63, 3.8) is 0 Å². The van der Waals surface area contributed by atoms with Crippen molar-refractivity contribution in [2.75, 3.05) is 6.54 Å². The summed E-state index contributed by atoms with van der Waals surface area (Å²) in [5.41, 5.74) is 0.695. The third kappa shape index (κ3) is 4.28. The van der Waals surface area contributed by atoms with Crippen LogP contribution in [0.1, 0.15) is 12.5 Å². The number of hydrogen-bond acceptors (Lipinski definition) is 2. The second-order valence-electron chi connectivity index (χ2n) is 3.02. The molecule has 0 aliphatic carbocycles. The average Bonchev–Trinajstić information content (AvgIpc) is 2.26. The minimum atomic E-state index is -2.79. The summed E-state index contributed by atoms with van der Waals surface area (Å²) >= 11 is 0. The molecule has 0 atom stereocenters. The lowest BCUT2D eigenvalue weighted by atomic mass is 10.2. The maximum Gasteiger partial charge on any atom is 0.387 e. The largest absolute Gasteiger partial charge is 0.434 e. The second kappa shape index (κ2) is 6.81. The van der Waals surface area contributed by atoms with E-state index in [0.717, 1.165) is 0 Å². The number of para-hydroxylation sites is 1. The first kappa shape index (κ1) is 12.5. The highest BCUT2D eigenvalue weighted by molar-refractivity contribution is 5.33. The first-order valence-electron chi connectivity index (χ1n) is 4.87. The molecule has 1 aromatic carbocycles. The van der Waals surface area contributed by atoms with Crippen LogP contribution in [0, 0.1) is 11.8 Å². The lowest BCUT2D eigenvalue weighted by Crippen LogP contribution is -2.14. The van der Waals surface area contributed by atoms with Crippen LogP contribution < -0.4 is 10.1 Å². The molecule has 0 saturated heterocycles. The fourth-order valence-corrected chi connectivity index (χ4v) is 1.21. The molecule has 0 spiro atoms. The number of benzene rings is 1. The standard InChI is InChI=1S/C12H13F2NO/c1-2-3-8-15-9-10-6-4-5-7-11(10)16-12(13)14/h4-7,12,15H,8-9H2,1H3. The summed E-state index contributed by atoms with van der Waals surface area (Å²) in [7, 11) is 0. The molecule has 1 N–H and O–H groups in total. The highest BCUT2D eigenvalue weighted by atomic mass is 19.3. The van der Waals surface area contributed by atoms with Crippen molar-refractivity contribution in [2.24, 2.45) is 0 Å². The Morgan fingerprint density at radius 2 is 2.12 bits per heavy atom. The molecule has 0 bridgehead atoms. The molecule has 0 aromatic heterocycles. The molecule has 0 unspecified atom stereocenters. The van der Waals surface area contributed by atoms with E-state index < -0.39 is 6.61 Å². The van der Waals surface area contributed by atoms with E-state index in [9.17, 15) is 8.78 Å². The van der Waals surface area contributed by atoms with Crippen LogP contribution in [0.25, 0.3) is 0 Å². The summed E-state index contributed by atoms with van der Waals surface area (Å²) in [6.07, 6.45) is 0. The zero-order valence-electron chi connectivity index (χ0n) is 8.97. The number of rotatable bonds is 5. The molecular weight excluding hydrogens is 212 g/mol. The molecule has 0 heterocycles. The van der Waals surface area contributed by atoms with Gasteiger partial charge in [-0.1, -0.05) is 24.1 Å². The topological polar surface area (TPSA) is 21.3 Å². The van der Waals surface area contributed by atoms with Gasteiger partial charge in [0.25, 0.3) is 0 Å². The fourth-order valence-electron chi connectivity index (χ4n) is 1.21. The van der Waals surface area contributed by atoms with Gasteiger partial charge in [-0.15, -0.1) is 5.92 Å². The van der Waals surface area contributed by atoms with Gasteiger partial charge in [0.2, 0.25) is 0 Å². The molecule has 0 radical (unpaired) electrons. The molecule has 0 aliphatic rings. The zero-order valence-corrected chi connectivity index (χ0v) is 8.97. The summed E-state index contributed by atoms with van der Waals surface area (Å²) in [6, 6.07) is 6.70. The summed E-state index contributed by atoms with van der Waals surface area (Å²) < 4.78 is 28.5. The van der Waals surface area contributed by atoms with Crippen molar-refractivity contribution >= 4 is 0 Å². The van der Waals surface area contributed by atoms with Crippen LogP contribution in [0.15, 0.2) is 24.3 Å². The molecule has 0 amide bonds. The van der Waals surface area contributed by atoms with Crippen LogP contribution in [0.3, 0.4) is 0 Å². The van der Waals surface area contributed by atoms with E-state index in [1.165, 1.54) is 6.07 Å². The highest BCUT2D eigenvalue weighted by Gasteiger charge is 2.07. The van der Waals surface area contributed by atoms with Gasteiger partial charge in [0, 0.05) is 12.1 Å². The minimum Gasteiger partial charge on any atom is -0.434 e. The SMILES string of the molecule is CC#CCNCc1ccccc1OC(F)F. The van der Waals surface area contributed by atoms with E-state index in [2.05, 4.69) is 21.9 Å². The van der Waals surface area contributed by atoms with Gasteiger partial charge in [-0.05, 0) is 13.0 Å². The molecule has 0 saturated carbocycles. The first-order valence-corrected chi connectivity index (χ1v) is 4.87. The van der Waals surface area contributed by atoms with Crippen molar-refractivity contribution in [3.05, 3.63) is 29.8 Å². The normalized spacial score (nSPS) is 9.75. The summed E-state index contributed by atoms with van der Waals surface area (Å²) in [6.45, 7) is -0.0660. The average molecular weight is 225 g/mol. The van der Waals surface area contributed by atoms with E-state index in [-0.39, 0.29) is 5.75 Å². The molecular formula is C12H13F2NO. The molecule has 4 heteroatoms. The molecule has 0 fully saturated rings. The Balaban J connectivity index is 2.58. The van der Waals surface area contributed by atoms with E-state index in [1.807, 2.05) is 0 Å². The van der Waals surface area contributed by atoms with Crippen LogP contribution in [-0.2, 0) is 6.54 Å². The van der Waals surface area contributed by atoms with Gasteiger partial charge in [0.05, 0.1) is 6.54 Å². The third-order valence-electron chi connectivity index (χ3n) is 1.89. The van der Waals surface area contributed by atoms with Gasteiger partial charge in [-0.25, -0.2) is 0 Å².